The SMILES string of the molecule is CN(CCNC(=O)NC1(CC(=O)O)CCC1)C1CC1. The van der Waals surface area contributed by atoms with Gasteiger partial charge in [-0.25, -0.2) is 4.79 Å². The molecule has 2 fully saturated rings. The Morgan fingerprint density at radius 1 is 1.37 bits per heavy atom. The van der Waals surface area contributed by atoms with E-state index in [9.17, 15) is 9.59 Å². The Balaban J connectivity index is 1.66. The van der Waals surface area contributed by atoms with Crippen LogP contribution in [-0.2, 0) is 4.79 Å². The first-order chi connectivity index (χ1) is 9.01. The smallest absolute Gasteiger partial charge is 0.315 e. The molecule has 19 heavy (non-hydrogen) atoms. The highest BCUT2D eigenvalue weighted by molar-refractivity contribution is 5.77. The van der Waals surface area contributed by atoms with Crippen LogP contribution in [0.2, 0.25) is 0 Å². The van der Waals surface area contributed by atoms with Gasteiger partial charge in [0.15, 0.2) is 0 Å². The summed E-state index contributed by atoms with van der Waals surface area (Å²) >= 11 is 0. The fourth-order valence-electron chi connectivity index (χ4n) is 2.57. The van der Waals surface area contributed by atoms with Gasteiger partial charge in [0.25, 0.3) is 0 Å². The van der Waals surface area contributed by atoms with E-state index in [2.05, 4.69) is 22.6 Å². The van der Waals surface area contributed by atoms with Gasteiger partial charge in [0, 0.05) is 19.1 Å². The van der Waals surface area contributed by atoms with Gasteiger partial charge in [0.2, 0.25) is 0 Å². The van der Waals surface area contributed by atoms with Crippen LogP contribution in [0.1, 0.15) is 38.5 Å². The maximum atomic E-state index is 11.8. The molecule has 0 aromatic rings. The van der Waals surface area contributed by atoms with E-state index >= 15 is 0 Å². The third kappa shape index (κ3) is 4.09. The van der Waals surface area contributed by atoms with Crippen LogP contribution in [0.15, 0.2) is 0 Å². The number of hydrogen-bond acceptors (Lipinski definition) is 3. The minimum Gasteiger partial charge on any atom is -0.481 e. The molecule has 6 heteroatoms. The lowest BCUT2D eigenvalue weighted by Crippen LogP contribution is -2.57. The van der Waals surface area contributed by atoms with Crippen molar-refractivity contribution in [2.45, 2.75) is 50.1 Å². The second-order valence-corrected chi connectivity index (χ2v) is 5.80. The molecule has 0 saturated heterocycles. The maximum absolute atomic E-state index is 11.8. The van der Waals surface area contributed by atoms with Crippen LogP contribution >= 0.6 is 0 Å². The molecule has 2 aliphatic carbocycles. The summed E-state index contributed by atoms with van der Waals surface area (Å²) in [6, 6.07) is 0.444. The number of amides is 2. The summed E-state index contributed by atoms with van der Waals surface area (Å²) in [5.41, 5.74) is -0.516. The number of carboxylic acid groups (broad SMARTS) is 1. The number of hydrogen-bond donors (Lipinski definition) is 3. The monoisotopic (exact) mass is 269 g/mol. The summed E-state index contributed by atoms with van der Waals surface area (Å²) in [6.45, 7) is 1.44. The van der Waals surface area contributed by atoms with E-state index in [1.165, 1.54) is 12.8 Å². The summed E-state index contributed by atoms with van der Waals surface area (Å²) in [5.74, 6) is -0.853. The van der Waals surface area contributed by atoms with Crippen LogP contribution in [0.3, 0.4) is 0 Å². The Morgan fingerprint density at radius 2 is 2.05 bits per heavy atom. The number of aliphatic carboxylic acids is 1. The van der Waals surface area contributed by atoms with Crippen molar-refractivity contribution in [2.75, 3.05) is 20.1 Å². The summed E-state index contributed by atoms with van der Waals surface area (Å²) in [4.78, 5) is 24.8. The van der Waals surface area contributed by atoms with Crippen molar-refractivity contribution in [3.05, 3.63) is 0 Å². The Kier molecular flexibility index (Phi) is 4.29. The predicted molar refractivity (Wildman–Crippen MR) is 71.0 cm³/mol. The molecule has 0 bridgehead atoms. The number of carbonyl (C=O) groups is 2. The van der Waals surface area contributed by atoms with Crippen molar-refractivity contribution in [3.8, 4) is 0 Å². The van der Waals surface area contributed by atoms with Gasteiger partial charge in [-0.3, -0.25) is 4.79 Å². The van der Waals surface area contributed by atoms with E-state index in [-0.39, 0.29) is 12.5 Å². The first-order valence-corrected chi connectivity index (χ1v) is 6.99. The lowest BCUT2D eigenvalue weighted by molar-refractivity contribution is -0.139. The molecule has 108 valence electrons. The van der Waals surface area contributed by atoms with Crippen molar-refractivity contribution in [1.82, 2.24) is 15.5 Å². The molecule has 2 amide bonds. The normalized spacial score (nSPS) is 20.7. The van der Waals surface area contributed by atoms with Crippen LogP contribution < -0.4 is 10.6 Å². The average Bonchev–Trinajstić information content (AvgIpc) is 3.08. The topological polar surface area (TPSA) is 81.7 Å². The Labute approximate surface area is 113 Å². The number of carbonyl (C=O) groups excluding carboxylic acids is 1. The number of carboxylic acids is 1. The summed E-state index contributed by atoms with van der Waals surface area (Å²) in [5, 5.41) is 14.5. The molecule has 0 aliphatic heterocycles. The molecule has 0 aromatic heterocycles. The molecule has 0 radical (unpaired) electrons. The second kappa shape index (κ2) is 5.77. The van der Waals surface area contributed by atoms with Crippen molar-refractivity contribution in [3.63, 3.8) is 0 Å². The molecule has 0 aromatic carbocycles. The van der Waals surface area contributed by atoms with E-state index in [0.717, 1.165) is 25.8 Å². The highest BCUT2D eigenvalue weighted by Gasteiger charge is 2.40. The van der Waals surface area contributed by atoms with Gasteiger partial charge in [-0.2, -0.15) is 0 Å². The number of nitrogens with one attached hydrogen (secondary N) is 2. The van der Waals surface area contributed by atoms with Gasteiger partial charge in [-0.1, -0.05) is 0 Å². The maximum Gasteiger partial charge on any atom is 0.315 e. The van der Waals surface area contributed by atoms with Crippen LogP contribution in [-0.4, -0.2) is 53.7 Å². The zero-order valence-electron chi connectivity index (χ0n) is 11.4. The fourth-order valence-corrected chi connectivity index (χ4v) is 2.57. The van der Waals surface area contributed by atoms with Gasteiger partial charge in [0.05, 0.1) is 12.0 Å². The largest absolute Gasteiger partial charge is 0.481 e. The summed E-state index contributed by atoms with van der Waals surface area (Å²) in [6.07, 6.45) is 5.03. The third-order valence-electron chi connectivity index (χ3n) is 4.10. The Bertz CT molecular complexity index is 351. The predicted octanol–water partition coefficient (Wildman–Crippen LogP) is 0.777. The van der Waals surface area contributed by atoms with Crippen molar-refractivity contribution in [2.24, 2.45) is 0 Å². The quantitative estimate of drug-likeness (QED) is 0.638. The van der Waals surface area contributed by atoms with E-state index in [1.807, 2.05) is 0 Å². The molecule has 2 rings (SSSR count). The standard InChI is InChI=1S/C13H23N3O3/c1-16(10-3-4-10)8-7-14-12(19)15-13(5-2-6-13)9-11(17)18/h10H,2-9H2,1H3,(H,17,18)(H2,14,15,19). The highest BCUT2D eigenvalue weighted by atomic mass is 16.4. The Morgan fingerprint density at radius 3 is 2.53 bits per heavy atom. The van der Waals surface area contributed by atoms with E-state index in [0.29, 0.717) is 12.6 Å². The number of urea groups is 1. The highest BCUT2D eigenvalue weighted by Crippen LogP contribution is 2.34. The fraction of sp³-hybridized carbons (Fsp3) is 0.846. The molecule has 2 saturated carbocycles. The molecule has 0 atom stereocenters. The minimum atomic E-state index is -0.853. The zero-order chi connectivity index (χ0) is 13.9. The van der Waals surface area contributed by atoms with Crippen LogP contribution in [0.5, 0.6) is 0 Å². The number of rotatable bonds is 7. The van der Waals surface area contributed by atoms with E-state index in [4.69, 9.17) is 5.11 Å². The molecular weight excluding hydrogens is 246 g/mol. The van der Waals surface area contributed by atoms with Crippen molar-refractivity contribution in [1.29, 1.82) is 0 Å². The molecule has 0 spiro atoms. The van der Waals surface area contributed by atoms with Crippen molar-refractivity contribution < 1.29 is 14.7 Å². The van der Waals surface area contributed by atoms with Gasteiger partial charge >= 0.3 is 12.0 Å². The number of nitrogens with zero attached hydrogens (tertiary/aromatic N) is 1. The summed E-state index contributed by atoms with van der Waals surface area (Å²) < 4.78 is 0. The molecule has 0 unspecified atom stereocenters. The van der Waals surface area contributed by atoms with E-state index in [1.54, 1.807) is 0 Å². The molecule has 2 aliphatic rings. The van der Waals surface area contributed by atoms with Crippen LogP contribution in [0.25, 0.3) is 0 Å². The molecule has 0 heterocycles. The Hall–Kier alpha value is -1.30. The number of likely N-dealkylation sites (N-methyl/N-ethyl adjacent to an activating group) is 1. The second-order valence-electron chi connectivity index (χ2n) is 5.80. The minimum absolute atomic E-state index is 0.0163. The first-order valence-electron chi connectivity index (χ1n) is 6.99. The molecular formula is C13H23N3O3. The van der Waals surface area contributed by atoms with Crippen LogP contribution in [0.4, 0.5) is 4.79 Å². The molecule has 3 N–H and O–H groups in total. The first kappa shape index (κ1) is 14.1. The van der Waals surface area contributed by atoms with Gasteiger partial charge < -0.3 is 20.6 Å². The van der Waals surface area contributed by atoms with Crippen molar-refractivity contribution >= 4 is 12.0 Å². The summed E-state index contributed by atoms with van der Waals surface area (Å²) in [7, 11) is 2.06. The van der Waals surface area contributed by atoms with Crippen LogP contribution in [0, 0.1) is 0 Å². The van der Waals surface area contributed by atoms with Gasteiger partial charge in [-0.15, -0.1) is 0 Å². The lowest BCUT2D eigenvalue weighted by atomic mass is 9.74. The van der Waals surface area contributed by atoms with Gasteiger partial charge in [0.1, 0.15) is 0 Å². The zero-order valence-corrected chi connectivity index (χ0v) is 11.4. The average molecular weight is 269 g/mol. The van der Waals surface area contributed by atoms with Gasteiger partial charge in [-0.05, 0) is 39.2 Å². The van der Waals surface area contributed by atoms with E-state index < -0.39 is 11.5 Å². The third-order valence-corrected chi connectivity index (χ3v) is 4.10. The lowest BCUT2D eigenvalue weighted by Gasteiger charge is -2.41. The molecule has 6 nitrogen and oxygen atoms in total.